The van der Waals surface area contributed by atoms with E-state index >= 15 is 0 Å². The van der Waals surface area contributed by atoms with Crippen molar-refractivity contribution in [1.82, 2.24) is 5.32 Å². The Balaban J connectivity index is 1.63. The van der Waals surface area contributed by atoms with Crippen molar-refractivity contribution in [2.75, 3.05) is 18.6 Å². The first kappa shape index (κ1) is 26.5. The van der Waals surface area contributed by atoms with E-state index in [0.29, 0.717) is 35.1 Å². The maximum atomic E-state index is 13.4. The van der Waals surface area contributed by atoms with Crippen LogP contribution in [0.25, 0.3) is 6.08 Å². The highest BCUT2D eigenvalue weighted by Gasteiger charge is 2.37. The van der Waals surface area contributed by atoms with Gasteiger partial charge in [-0.2, -0.15) is 0 Å². The minimum absolute atomic E-state index is 0.197. The van der Waals surface area contributed by atoms with Crippen molar-refractivity contribution in [3.63, 3.8) is 0 Å². The number of hydrogen-bond acceptors (Lipinski definition) is 6. The molecule has 0 spiro atoms. The predicted molar refractivity (Wildman–Crippen MR) is 144 cm³/mol. The highest BCUT2D eigenvalue weighted by Crippen LogP contribution is 2.30. The molecule has 0 aromatic heterocycles. The molecule has 8 nitrogen and oxygen atoms in total. The molecule has 8 heteroatoms. The molecule has 1 fully saturated rings. The van der Waals surface area contributed by atoms with Crippen molar-refractivity contribution in [1.29, 1.82) is 0 Å². The van der Waals surface area contributed by atoms with Gasteiger partial charge in [0.2, 0.25) is 0 Å². The summed E-state index contributed by atoms with van der Waals surface area (Å²) in [6, 6.07) is 16.9. The first-order chi connectivity index (χ1) is 18.3. The van der Waals surface area contributed by atoms with E-state index in [0.717, 1.165) is 22.4 Å². The predicted octanol–water partition coefficient (Wildman–Crippen LogP) is 5.35. The lowest BCUT2D eigenvalue weighted by Gasteiger charge is -2.26. The highest BCUT2D eigenvalue weighted by atomic mass is 16.5. The van der Waals surface area contributed by atoms with Crippen molar-refractivity contribution in [3.8, 4) is 17.2 Å². The number of methoxy groups -OCH3 is 1. The van der Waals surface area contributed by atoms with Gasteiger partial charge in [-0.15, -0.1) is 0 Å². The van der Waals surface area contributed by atoms with Gasteiger partial charge in [0.25, 0.3) is 11.8 Å². The molecule has 1 heterocycles. The van der Waals surface area contributed by atoms with Gasteiger partial charge in [0.1, 0.15) is 29.4 Å². The number of urea groups is 1. The minimum Gasteiger partial charge on any atom is -0.497 e. The zero-order chi connectivity index (χ0) is 27.2. The summed E-state index contributed by atoms with van der Waals surface area (Å²) in [4.78, 5) is 39.6. The third kappa shape index (κ3) is 5.86. The van der Waals surface area contributed by atoms with Gasteiger partial charge >= 0.3 is 6.03 Å². The number of carbonyl (C=O) groups excluding carboxylic acids is 3. The number of barbiturate groups is 1. The van der Waals surface area contributed by atoms with Crippen LogP contribution < -0.4 is 24.4 Å². The minimum atomic E-state index is -0.819. The summed E-state index contributed by atoms with van der Waals surface area (Å²) in [6.45, 7) is 6.91. The number of nitrogens with zero attached hydrogens (tertiary/aromatic N) is 1. The average Bonchev–Trinajstić information content (AvgIpc) is 2.91. The highest BCUT2D eigenvalue weighted by molar-refractivity contribution is 6.39. The summed E-state index contributed by atoms with van der Waals surface area (Å²) in [5.74, 6) is 0.0866. The summed E-state index contributed by atoms with van der Waals surface area (Å²) < 4.78 is 17.0. The molecule has 0 atom stereocenters. The Hall–Kier alpha value is -4.59. The second kappa shape index (κ2) is 11.6. The lowest BCUT2D eigenvalue weighted by Crippen LogP contribution is -2.54. The molecular formula is C30H30N2O6. The van der Waals surface area contributed by atoms with E-state index in [-0.39, 0.29) is 12.2 Å². The van der Waals surface area contributed by atoms with Crippen LogP contribution >= 0.6 is 0 Å². The van der Waals surface area contributed by atoms with Crippen LogP contribution in [0.4, 0.5) is 10.5 Å². The second-order valence-corrected chi connectivity index (χ2v) is 8.91. The third-order valence-corrected chi connectivity index (χ3v) is 6.16. The lowest BCUT2D eigenvalue weighted by molar-refractivity contribution is -0.122. The fourth-order valence-electron chi connectivity index (χ4n) is 3.90. The number of nitrogens with one attached hydrogen (secondary N) is 1. The first-order valence-corrected chi connectivity index (χ1v) is 12.3. The maximum Gasteiger partial charge on any atom is 0.335 e. The van der Waals surface area contributed by atoms with Gasteiger partial charge in [-0.25, -0.2) is 9.69 Å². The Kier molecular flexibility index (Phi) is 8.11. The normalized spacial score (nSPS) is 14.5. The van der Waals surface area contributed by atoms with Crippen LogP contribution in [-0.2, 0) is 16.2 Å². The van der Waals surface area contributed by atoms with E-state index in [2.05, 4.69) is 5.32 Å². The molecule has 0 unspecified atom stereocenters. The van der Waals surface area contributed by atoms with Gasteiger partial charge in [0.15, 0.2) is 0 Å². The molecule has 1 aliphatic heterocycles. The van der Waals surface area contributed by atoms with Gasteiger partial charge in [0.05, 0.1) is 19.4 Å². The Morgan fingerprint density at radius 3 is 2.29 bits per heavy atom. The van der Waals surface area contributed by atoms with Crippen molar-refractivity contribution < 1.29 is 28.6 Å². The van der Waals surface area contributed by atoms with Crippen molar-refractivity contribution in [2.45, 2.75) is 33.8 Å². The number of hydrogen-bond donors (Lipinski definition) is 1. The molecule has 1 N–H and O–H groups in total. The van der Waals surface area contributed by atoms with E-state index in [9.17, 15) is 14.4 Å². The molecule has 196 valence electrons. The zero-order valence-corrected chi connectivity index (χ0v) is 21.9. The molecule has 3 aromatic carbocycles. The number of ether oxygens (including phenoxy) is 3. The number of benzene rings is 3. The molecule has 0 saturated carbocycles. The number of anilines is 1. The van der Waals surface area contributed by atoms with Crippen molar-refractivity contribution >= 4 is 29.6 Å². The SMILES string of the molecule is CCCOc1ccc(N2C(=O)NC(=O)/C(=C/c3ccc(OC)cc3OCc3ccc(C)c(C)c3)C2=O)cc1. The number of carbonyl (C=O) groups is 3. The standard InChI is InChI=1S/C30H30N2O6/c1-5-14-37-24-12-9-23(10-13-24)32-29(34)26(28(33)31-30(32)35)16-22-8-11-25(36-4)17-27(22)38-18-21-7-6-19(2)20(3)15-21/h6-13,15-17H,5,14,18H2,1-4H3,(H,31,33,35)/b26-16-. The molecular weight excluding hydrogens is 484 g/mol. The van der Waals surface area contributed by atoms with Crippen LogP contribution in [0.3, 0.4) is 0 Å². The lowest BCUT2D eigenvalue weighted by atomic mass is 10.1. The number of imide groups is 2. The summed E-state index contributed by atoms with van der Waals surface area (Å²) in [5.41, 5.74) is 3.92. The molecule has 1 saturated heterocycles. The summed E-state index contributed by atoms with van der Waals surface area (Å²) in [5, 5.41) is 2.25. The molecule has 3 aromatic rings. The van der Waals surface area contributed by atoms with Crippen LogP contribution in [0.15, 0.2) is 66.2 Å². The number of amides is 4. The smallest absolute Gasteiger partial charge is 0.335 e. The largest absolute Gasteiger partial charge is 0.497 e. The van der Waals surface area contributed by atoms with Crippen LogP contribution in [0, 0.1) is 13.8 Å². The zero-order valence-electron chi connectivity index (χ0n) is 21.9. The molecule has 4 rings (SSSR count). The molecule has 0 bridgehead atoms. The Morgan fingerprint density at radius 1 is 0.868 bits per heavy atom. The van der Waals surface area contributed by atoms with Gasteiger partial charge in [-0.3, -0.25) is 14.9 Å². The fourth-order valence-corrected chi connectivity index (χ4v) is 3.90. The van der Waals surface area contributed by atoms with E-state index in [1.54, 1.807) is 49.6 Å². The maximum absolute atomic E-state index is 13.4. The van der Waals surface area contributed by atoms with E-state index < -0.39 is 17.8 Å². The van der Waals surface area contributed by atoms with Crippen LogP contribution in [0.1, 0.15) is 35.6 Å². The average molecular weight is 515 g/mol. The van der Waals surface area contributed by atoms with E-state index in [1.807, 2.05) is 39.0 Å². The van der Waals surface area contributed by atoms with Crippen LogP contribution in [0.2, 0.25) is 0 Å². The number of rotatable bonds is 9. The monoisotopic (exact) mass is 514 g/mol. The third-order valence-electron chi connectivity index (χ3n) is 6.16. The first-order valence-electron chi connectivity index (χ1n) is 12.3. The topological polar surface area (TPSA) is 94.2 Å². The fraction of sp³-hybridized carbons (Fsp3) is 0.233. The summed E-state index contributed by atoms with van der Waals surface area (Å²) in [7, 11) is 1.54. The Morgan fingerprint density at radius 2 is 1.61 bits per heavy atom. The molecule has 4 amide bonds. The van der Waals surface area contributed by atoms with Gasteiger partial charge in [0, 0.05) is 11.6 Å². The van der Waals surface area contributed by atoms with Crippen molar-refractivity contribution in [3.05, 3.63) is 88.5 Å². The van der Waals surface area contributed by atoms with Crippen molar-refractivity contribution in [2.24, 2.45) is 0 Å². The summed E-state index contributed by atoms with van der Waals surface area (Å²) >= 11 is 0. The molecule has 0 aliphatic carbocycles. The second-order valence-electron chi connectivity index (χ2n) is 8.91. The quantitative estimate of drug-likeness (QED) is 0.306. The molecule has 1 aliphatic rings. The van der Waals surface area contributed by atoms with Gasteiger partial charge in [-0.1, -0.05) is 25.1 Å². The number of aryl methyl sites for hydroxylation is 2. The Labute approximate surface area is 221 Å². The van der Waals surface area contributed by atoms with E-state index in [4.69, 9.17) is 14.2 Å². The van der Waals surface area contributed by atoms with Gasteiger partial charge < -0.3 is 14.2 Å². The summed E-state index contributed by atoms with van der Waals surface area (Å²) in [6.07, 6.45) is 2.28. The molecule has 0 radical (unpaired) electrons. The van der Waals surface area contributed by atoms with Crippen LogP contribution in [0.5, 0.6) is 17.2 Å². The van der Waals surface area contributed by atoms with Crippen LogP contribution in [-0.4, -0.2) is 31.6 Å². The Bertz CT molecular complexity index is 1390. The van der Waals surface area contributed by atoms with E-state index in [1.165, 1.54) is 11.6 Å². The molecule has 38 heavy (non-hydrogen) atoms. The van der Waals surface area contributed by atoms with Gasteiger partial charge in [-0.05, 0) is 79.4 Å².